The lowest BCUT2D eigenvalue weighted by molar-refractivity contribution is -0.112. The number of aromatic nitrogens is 4. The Labute approximate surface area is 544 Å². The Morgan fingerprint density at radius 2 is 1.10 bits per heavy atom. The number of nitrogens with one attached hydrogen (secondary N) is 10. The van der Waals surface area contributed by atoms with Crippen molar-refractivity contribution in [3.8, 4) is 0 Å². The van der Waals surface area contributed by atoms with E-state index in [0.717, 1.165) is 28.5 Å². The highest BCUT2D eigenvalue weighted by Crippen LogP contribution is 2.44. The maximum absolute atomic E-state index is 14.7. The summed E-state index contributed by atoms with van der Waals surface area (Å²) < 4.78 is 0. The van der Waals surface area contributed by atoms with E-state index < -0.39 is 28.9 Å². The normalized spacial score (nSPS) is 15.2. The minimum atomic E-state index is -0.949. The number of hydrogen-bond donors (Lipinski definition) is 11. The number of H-pyrrole nitrogens is 2. The molecule has 0 spiro atoms. The fourth-order valence-corrected chi connectivity index (χ4v) is 11.5. The summed E-state index contributed by atoms with van der Waals surface area (Å²) in [6, 6.07) is 43.9. The number of aliphatic hydroxyl groups is 1. The number of benzene rings is 6. The molecule has 2 aliphatic rings. The van der Waals surface area contributed by atoms with Crippen molar-refractivity contribution in [2.45, 2.75) is 63.4 Å². The fraction of sp³-hybridized carbons (Fsp3) is 0.243. The molecular formula is C70H76N16O8. The third kappa shape index (κ3) is 15.4. The Balaban J connectivity index is 0.736. The molecule has 11 N–H and O–H groups in total. The van der Waals surface area contributed by atoms with Crippen molar-refractivity contribution in [1.82, 2.24) is 50.6 Å². The molecule has 3 atom stereocenters. The van der Waals surface area contributed by atoms with Crippen LogP contribution < -0.4 is 42.5 Å². The van der Waals surface area contributed by atoms with Crippen molar-refractivity contribution in [3.05, 3.63) is 233 Å². The lowest BCUT2D eigenvalue weighted by Gasteiger charge is -2.37. The minimum absolute atomic E-state index is 0.115. The molecule has 4 heterocycles. The summed E-state index contributed by atoms with van der Waals surface area (Å²) in [6.45, 7) is 10.8. The first-order valence-electron chi connectivity index (χ1n) is 30.6. The van der Waals surface area contributed by atoms with Gasteiger partial charge in [0.15, 0.2) is 11.6 Å². The molecule has 0 saturated heterocycles. The van der Waals surface area contributed by atoms with Gasteiger partial charge in [-0.05, 0) is 150 Å². The summed E-state index contributed by atoms with van der Waals surface area (Å²) in [5, 5.41) is 49.2. The standard InChI is InChI=1S/C70H76N16O8/c1-8-58(88)71-49-31-27-46(28-32-49)64(90)74-51-23-15-22-48(38-51)66(92)78-63-55-41-86(68(94)76-56(42-83(5)6)44-18-11-9-12-19-44)70(4,61(55)80-82-63)35-37-84(7)36-17-26-59(89)72-50-33-29-47(30-34-50)65(91)75-53-25-16-24-52(39-53)73-62-54-40-85(69(2,3)60(54)79-81-62)67(93)77-57(43-87)45-20-13-10-14-21-45/h8-34,38-39,56-57,87H,1,35-37,40-43H2,2-7H3,(H,71,88)(H,72,89)(H,74,90)(H,75,91)(H,76,94)(H,77,93)(H2,73,79,81)(H2,78,80,82,92)/b26-17+/t56-,57-,70?/m1/s1. The van der Waals surface area contributed by atoms with Crippen molar-refractivity contribution in [2.75, 3.05) is 79.3 Å². The molecule has 0 bridgehead atoms. The zero-order valence-electron chi connectivity index (χ0n) is 53.0. The second-order valence-electron chi connectivity index (χ2n) is 24.0. The van der Waals surface area contributed by atoms with E-state index in [1.807, 2.05) is 118 Å². The molecule has 2 aromatic heterocycles. The number of rotatable bonds is 24. The Kier molecular flexibility index (Phi) is 20.2. The van der Waals surface area contributed by atoms with E-state index in [2.05, 4.69) is 69.5 Å². The Morgan fingerprint density at radius 3 is 1.71 bits per heavy atom. The lowest BCUT2D eigenvalue weighted by atomic mass is 9.93. The largest absolute Gasteiger partial charge is 0.394 e. The number of amides is 9. The summed E-state index contributed by atoms with van der Waals surface area (Å²) in [4.78, 5) is 101. The third-order valence-electron chi connectivity index (χ3n) is 16.7. The van der Waals surface area contributed by atoms with Gasteiger partial charge in [-0.25, -0.2) is 9.59 Å². The molecule has 6 aromatic carbocycles. The zero-order valence-corrected chi connectivity index (χ0v) is 53.0. The maximum Gasteiger partial charge on any atom is 0.319 e. The van der Waals surface area contributed by atoms with Gasteiger partial charge in [-0.15, -0.1) is 0 Å². The fourth-order valence-electron chi connectivity index (χ4n) is 11.5. The average molecular weight is 1270 g/mol. The monoisotopic (exact) mass is 1270 g/mol. The van der Waals surface area contributed by atoms with Crippen LogP contribution in [0.15, 0.2) is 183 Å². The molecule has 10 rings (SSSR count). The molecule has 9 amide bonds. The Bertz CT molecular complexity index is 4110. The van der Waals surface area contributed by atoms with Gasteiger partial charge in [-0.3, -0.25) is 34.2 Å². The number of aromatic amines is 2. The molecule has 94 heavy (non-hydrogen) atoms. The molecule has 8 aromatic rings. The van der Waals surface area contributed by atoms with Crippen LogP contribution in [0.4, 0.5) is 49.7 Å². The van der Waals surface area contributed by atoms with E-state index in [4.69, 9.17) is 0 Å². The minimum Gasteiger partial charge on any atom is -0.394 e. The topological polar surface area (TPSA) is 306 Å². The van der Waals surface area contributed by atoms with Crippen LogP contribution in [0, 0.1) is 0 Å². The van der Waals surface area contributed by atoms with Gasteiger partial charge in [0, 0.05) is 82.0 Å². The van der Waals surface area contributed by atoms with Gasteiger partial charge in [0.05, 0.1) is 54.2 Å². The van der Waals surface area contributed by atoms with E-state index in [-0.39, 0.29) is 66.9 Å². The smallest absolute Gasteiger partial charge is 0.319 e. The van der Waals surface area contributed by atoms with Crippen LogP contribution in [0.3, 0.4) is 0 Å². The molecule has 0 radical (unpaired) electrons. The molecule has 24 heteroatoms. The highest BCUT2D eigenvalue weighted by atomic mass is 16.3. The number of carbonyl (C=O) groups is 7. The van der Waals surface area contributed by atoms with Gasteiger partial charge in [0.1, 0.15) is 0 Å². The number of hydrogen-bond acceptors (Lipinski definition) is 13. The van der Waals surface area contributed by atoms with E-state index in [1.54, 1.807) is 107 Å². The van der Waals surface area contributed by atoms with Gasteiger partial charge >= 0.3 is 12.1 Å². The van der Waals surface area contributed by atoms with Crippen molar-refractivity contribution in [3.63, 3.8) is 0 Å². The van der Waals surface area contributed by atoms with Gasteiger partial charge in [0.2, 0.25) is 11.8 Å². The number of likely N-dealkylation sites (N-methyl/N-ethyl adjacent to an activating group) is 2. The first-order chi connectivity index (χ1) is 45.2. The number of aliphatic hydroxyl groups excluding tert-OH is 1. The summed E-state index contributed by atoms with van der Waals surface area (Å²) in [5.74, 6) is -1.26. The highest BCUT2D eigenvalue weighted by molar-refractivity contribution is 6.08. The second-order valence-corrected chi connectivity index (χ2v) is 24.0. The maximum atomic E-state index is 14.7. The number of fused-ring (bicyclic) bond motifs is 2. The van der Waals surface area contributed by atoms with Crippen LogP contribution in [0.2, 0.25) is 0 Å². The number of urea groups is 2. The SMILES string of the molecule is C=CC(=O)Nc1ccc(C(=O)Nc2cccc(C(=O)Nc3n[nH]c4c3CN(C(=O)N[C@H](CN(C)C)c3ccccc3)C4(C)CCN(C)C/C=C/C(=O)Nc3ccc(C(=O)Nc4cccc(Nc5n[nH]c6c5CN(C(=O)N[C@H](CO)c5ccccc5)C6(C)C)c4)cc3)c2)cc1. The summed E-state index contributed by atoms with van der Waals surface area (Å²) in [7, 11) is 5.80. The van der Waals surface area contributed by atoms with Crippen LogP contribution in [-0.4, -0.2) is 134 Å². The molecule has 484 valence electrons. The quantitative estimate of drug-likeness (QED) is 0.0251. The molecule has 0 fully saturated rings. The molecule has 2 aliphatic heterocycles. The Morgan fingerprint density at radius 1 is 0.574 bits per heavy atom. The van der Waals surface area contributed by atoms with E-state index in [1.165, 1.54) is 6.08 Å². The number of carbonyl (C=O) groups excluding carboxylic acids is 7. The predicted octanol–water partition coefficient (Wildman–Crippen LogP) is 9.81. The number of anilines is 7. The number of nitrogens with zero attached hydrogens (tertiary/aromatic N) is 6. The second kappa shape index (κ2) is 29.0. The average Bonchev–Trinajstić information content (AvgIpc) is 1.59. The molecule has 24 nitrogen and oxygen atoms in total. The molecule has 0 saturated carbocycles. The van der Waals surface area contributed by atoms with Crippen molar-refractivity contribution in [1.29, 1.82) is 0 Å². The van der Waals surface area contributed by atoms with Gasteiger partial charge in [-0.2, -0.15) is 10.2 Å². The van der Waals surface area contributed by atoms with E-state index in [0.29, 0.717) is 82.7 Å². The summed E-state index contributed by atoms with van der Waals surface area (Å²) in [6.07, 6.45) is 4.75. The summed E-state index contributed by atoms with van der Waals surface area (Å²) in [5.41, 5.74) is 6.37. The predicted molar refractivity (Wildman–Crippen MR) is 361 cm³/mol. The molecule has 0 aliphatic carbocycles. The van der Waals surface area contributed by atoms with Crippen LogP contribution in [-0.2, 0) is 33.8 Å². The van der Waals surface area contributed by atoms with Crippen LogP contribution in [0.25, 0.3) is 0 Å². The van der Waals surface area contributed by atoms with E-state index >= 15 is 0 Å². The van der Waals surface area contributed by atoms with Crippen molar-refractivity contribution in [2.24, 2.45) is 0 Å². The first-order valence-corrected chi connectivity index (χ1v) is 30.6. The third-order valence-corrected chi connectivity index (χ3v) is 16.7. The molecule has 1 unspecified atom stereocenters. The van der Waals surface area contributed by atoms with Crippen LogP contribution in [0.5, 0.6) is 0 Å². The van der Waals surface area contributed by atoms with Gasteiger partial charge < -0.3 is 67.2 Å². The van der Waals surface area contributed by atoms with Gasteiger partial charge in [0.25, 0.3) is 17.7 Å². The van der Waals surface area contributed by atoms with E-state index in [9.17, 15) is 38.7 Å². The van der Waals surface area contributed by atoms with Crippen molar-refractivity contribution >= 4 is 81.7 Å². The highest BCUT2D eigenvalue weighted by Gasteiger charge is 2.48. The van der Waals surface area contributed by atoms with Crippen LogP contribution >= 0.6 is 0 Å². The Hall–Kier alpha value is -11.2. The zero-order chi connectivity index (χ0) is 66.7. The first kappa shape index (κ1) is 65.7. The van der Waals surface area contributed by atoms with Crippen LogP contribution in [0.1, 0.15) is 104 Å². The van der Waals surface area contributed by atoms with Crippen molar-refractivity contribution < 1.29 is 38.7 Å². The van der Waals surface area contributed by atoms with Gasteiger partial charge in [-0.1, -0.05) is 85.5 Å². The summed E-state index contributed by atoms with van der Waals surface area (Å²) >= 11 is 0. The molecular weight excluding hydrogens is 1190 g/mol. The lowest BCUT2D eigenvalue weighted by Crippen LogP contribution is -2.50.